The molecular weight excluding hydrogens is 328 g/mol. The molecule has 0 bridgehead atoms. The zero-order valence-corrected chi connectivity index (χ0v) is 15.0. The molecule has 1 saturated carbocycles. The highest BCUT2D eigenvalue weighted by Gasteiger charge is 2.48. The Balaban J connectivity index is 1.20. The van der Waals surface area contributed by atoms with Crippen molar-refractivity contribution in [2.75, 3.05) is 13.1 Å². The van der Waals surface area contributed by atoms with E-state index in [-0.39, 0.29) is 6.10 Å². The van der Waals surface area contributed by atoms with Gasteiger partial charge in [-0.2, -0.15) is 0 Å². The lowest BCUT2D eigenvalue weighted by Crippen LogP contribution is -2.41. The first-order valence-corrected chi connectivity index (χ1v) is 9.86. The van der Waals surface area contributed by atoms with Gasteiger partial charge in [0, 0.05) is 19.0 Å². The van der Waals surface area contributed by atoms with Crippen LogP contribution in [0.3, 0.4) is 0 Å². The van der Waals surface area contributed by atoms with Crippen molar-refractivity contribution in [1.82, 2.24) is 20.3 Å². The number of epoxide rings is 1. The molecule has 138 valence electrons. The highest BCUT2D eigenvalue weighted by Crippen LogP contribution is 2.32. The maximum absolute atomic E-state index is 6.03. The van der Waals surface area contributed by atoms with Crippen molar-refractivity contribution >= 4 is 0 Å². The Labute approximate surface area is 153 Å². The molecule has 1 aromatic carbocycles. The van der Waals surface area contributed by atoms with Crippen molar-refractivity contribution in [2.45, 2.75) is 62.9 Å². The van der Waals surface area contributed by atoms with Gasteiger partial charge in [-0.15, -0.1) is 5.10 Å². The summed E-state index contributed by atoms with van der Waals surface area (Å²) in [4.78, 5) is 0. The molecule has 1 aliphatic carbocycles. The third-order valence-corrected chi connectivity index (χ3v) is 5.88. The average Bonchev–Trinajstić information content (AvgIpc) is 3.34. The number of rotatable bonds is 5. The molecule has 0 radical (unpaired) electrons. The van der Waals surface area contributed by atoms with Gasteiger partial charge in [-0.1, -0.05) is 36.6 Å². The summed E-state index contributed by atoms with van der Waals surface area (Å²) in [5, 5.41) is 12.1. The van der Waals surface area contributed by atoms with E-state index in [9.17, 15) is 0 Å². The number of nitrogens with one attached hydrogen (secondary N) is 1. The van der Waals surface area contributed by atoms with Gasteiger partial charge in [-0.3, -0.25) is 0 Å². The minimum atomic E-state index is 0.168. The molecule has 5 rings (SSSR count). The van der Waals surface area contributed by atoms with Gasteiger partial charge in [-0.25, -0.2) is 4.68 Å². The zero-order valence-electron chi connectivity index (χ0n) is 15.0. The smallest absolute Gasteiger partial charge is 0.113 e. The third kappa shape index (κ3) is 3.41. The Morgan fingerprint density at radius 2 is 1.96 bits per heavy atom. The van der Waals surface area contributed by atoms with Gasteiger partial charge < -0.3 is 14.8 Å². The molecule has 6 heteroatoms. The predicted octanol–water partition coefficient (Wildman–Crippen LogP) is 2.57. The standard InChI is InChI=1S/C20H26N4O2/c1-2-4-15(5-3-1)17-12-24(23-22-17)16-8-6-14(7-9-16)13-25-18-10-21-11-19-20(18)26-19/h6-9,12,15,18-21H,1-5,10-11,13H2/t18-,19-,20-/m1/s1. The molecule has 6 nitrogen and oxygen atoms in total. The number of ether oxygens (including phenoxy) is 2. The quantitative estimate of drug-likeness (QED) is 0.836. The van der Waals surface area contributed by atoms with Crippen LogP contribution in [0.4, 0.5) is 0 Å². The first kappa shape index (κ1) is 16.4. The Bertz CT molecular complexity index is 739. The summed E-state index contributed by atoms with van der Waals surface area (Å²) in [5.41, 5.74) is 3.36. The maximum Gasteiger partial charge on any atom is 0.113 e. The Hall–Kier alpha value is -1.76. The largest absolute Gasteiger partial charge is 0.369 e. The van der Waals surface area contributed by atoms with Crippen LogP contribution in [0.25, 0.3) is 5.69 Å². The van der Waals surface area contributed by atoms with Crippen molar-refractivity contribution in [1.29, 1.82) is 0 Å². The van der Waals surface area contributed by atoms with E-state index in [2.05, 4.69) is 46.1 Å². The van der Waals surface area contributed by atoms with Gasteiger partial charge in [0.25, 0.3) is 0 Å². The molecule has 3 heterocycles. The number of hydrogen-bond donors (Lipinski definition) is 1. The predicted molar refractivity (Wildman–Crippen MR) is 97.3 cm³/mol. The number of nitrogens with zero attached hydrogens (tertiary/aromatic N) is 3. The first-order valence-electron chi connectivity index (χ1n) is 9.86. The molecule has 26 heavy (non-hydrogen) atoms. The van der Waals surface area contributed by atoms with Crippen LogP contribution in [0.15, 0.2) is 30.5 Å². The molecule has 2 aromatic rings. The zero-order chi connectivity index (χ0) is 17.3. The summed E-state index contributed by atoms with van der Waals surface area (Å²) in [5.74, 6) is 0.586. The molecule has 3 atom stereocenters. The van der Waals surface area contributed by atoms with Crippen LogP contribution in [0.5, 0.6) is 0 Å². The van der Waals surface area contributed by atoms with Crippen molar-refractivity contribution in [3.63, 3.8) is 0 Å². The summed E-state index contributed by atoms with van der Waals surface area (Å²) in [6.45, 7) is 2.45. The van der Waals surface area contributed by atoms with E-state index >= 15 is 0 Å². The van der Waals surface area contributed by atoms with Gasteiger partial charge in [-0.05, 0) is 30.5 Å². The fraction of sp³-hybridized carbons (Fsp3) is 0.600. The van der Waals surface area contributed by atoms with Crippen LogP contribution in [0, 0.1) is 0 Å². The first-order chi connectivity index (χ1) is 12.9. The van der Waals surface area contributed by atoms with Crippen molar-refractivity contribution in [2.24, 2.45) is 0 Å². The molecule has 0 amide bonds. The molecule has 3 aliphatic rings. The van der Waals surface area contributed by atoms with E-state index in [4.69, 9.17) is 9.47 Å². The topological polar surface area (TPSA) is 64.5 Å². The monoisotopic (exact) mass is 354 g/mol. The second-order valence-corrected chi connectivity index (χ2v) is 7.74. The lowest BCUT2D eigenvalue weighted by atomic mass is 9.87. The molecule has 0 spiro atoms. The molecule has 2 aliphatic heterocycles. The van der Waals surface area contributed by atoms with E-state index in [0.29, 0.717) is 24.7 Å². The molecular formula is C20H26N4O2. The van der Waals surface area contributed by atoms with Crippen LogP contribution in [0.1, 0.15) is 49.3 Å². The summed E-state index contributed by atoms with van der Waals surface area (Å²) < 4.78 is 13.5. The number of benzene rings is 1. The van der Waals surface area contributed by atoms with E-state index < -0.39 is 0 Å². The van der Waals surface area contributed by atoms with Crippen LogP contribution in [0.2, 0.25) is 0 Å². The van der Waals surface area contributed by atoms with E-state index in [0.717, 1.165) is 24.5 Å². The van der Waals surface area contributed by atoms with E-state index in [1.54, 1.807) is 0 Å². The summed E-state index contributed by atoms with van der Waals surface area (Å²) >= 11 is 0. The highest BCUT2D eigenvalue weighted by atomic mass is 16.6. The molecule has 0 unspecified atom stereocenters. The van der Waals surface area contributed by atoms with Gasteiger partial charge in [0.1, 0.15) is 6.10 Å². The molecule has 3 fully saturated rings. The van der Waals surface area contributed by atoms with Crippen LogP contribution in [-0.2, 0) is 16.1 Å². The van der Waals surface area contributed by atoms with E-state index in [1.807, 2.05) is 4.68 Å². The lowest BCUT2D eigenvalue weighted by Gasteiger charge is -2.20. The molecule has 1 aromatic heterocycles. The van der Waals surface area contributed by atoms with Crippen molar-refractivity contribution in [3.05, 3.63) is 41.7 Å². The maximum atomic E-state index is 6.03. The second kappa shape index (κ2) is 7.10. The average molecular weight is 354 g/mol. The summed E-state index contributed by atoms with van der Waals surface area (Å²) in [6, 6.07) is 8.40. The van der Waals surface area contributed by atoms with E-state index in [1.165, 1.54) is 37.7 Å². The normalized spacial score (nSPS) is 28.7. The highest BCUT2D eigenvalue weighted by molar-refractivity contribution is 5.34. The number of hydrogen-bond acceptors (Lipinski definition) is 5. The molecule has 1 N–H and O–H groups in total. The second-order valence-electron chi connectivity index (χ2n) is 7.74. The minimum absolute atomic E-state index is 0.168. The Kier molecular flexibility index (Phi) is 4.48. The number of piperidine rings is 1. The summed E-state index contributed by atoms with van der Waals surface area (Å²) in [6.07, 6.45) is 9.41. The van der Waals surface area contributed by atoms with Crippen LogP contribution >= 0.6 is 0 Å². The lowest BCUT2D eigenvalue weighted by molar-refractivity contribution is 0.0211. The van der Waals surface area contributed by atoms with Crippen LogP contribution in [-0.4, -0.2) is 46.4 Å². The fourth-order valence-electron chi connectivity index (χ4n) is 4.22. The fourth-order valence-corrected chi connectivity index (χ4v) is 4.22. The van der Waals surface area contributed by atoms with Gasteiger partial charge >= 0.3 is 0 Å². The number of fused-ring (bicyclic) bond motifs is 1. The minimum Gasteiger partial charge on any atom is -0.369 e. The Morgan fingerprint density at radius 1 is 1.12 bits per heavy atom. The molecule has 2 saturated heterocycles. The van der Waals surface area contributed by atoms with Crippen LogP contribution < -0.4 is 5.32 Å². The summed E-state index contributed by atoms with van der Waals surface area (Å²) in [7, 11) is 0. The van der Waals surface area contributed by atoms with Crippen molar-refractivity contribution in [3.8, 4) is 5.69 Å². The van der Waals surface area contributed by atoms with Gasteiger partial charge in [0.05, 0.1) is 36.4 Å². The third-order valence-electron chi connectivity index (χ3n) is 5.88. The van der Waals surface area contributed by atoms with Crippen molar-refractivity contribution < 1.29 is 9.47 Å². The van der Waals surface area contributed by atoms with Gasteiger partial charge in [0.15, 0.2) is 0 Å². The van der Waals surface area contributed by atoms with Gasteiger partial charge in [0.2, 0.25) is 0 Å². The Morgan fingerprint density at radius 3 is 2.81 bits per heavy atom. The SMILES string of the molecule is c1cc(-n2cc(C3CCCCC3)nn2)ccc1CO[C@@H]1CNC[C@H]2O[C@H]12. The number of aromatic nitrogens is 3.